The number of carboxylic acids is 1. The van der Waals surface area contributed by atoms with Crippen LogP contribution < -0.4 is 5.32 Å². The van der Waals surface area contributed by atoms with Crippen molar-refractivity contribution in [2.75, 3.05) is 5.32 Å². The second-order valence-corrected chi connectivity index (χ2v) is 5.50. The van der Waals surface area contributed by atoms with E-state index in [1.54, 1.807) is 18.2 Å². The lowest BCUT2D eigenvalue weighted by molar-refractivity contribution is 0.0697. The summed E-state index contributed by atoms with van der Waals surface area (Å²) >= 11 is 2.14. The molecule has 0 bridgehead atoms. The second-order valence-electron chi connectivity index (χ2n) is 4.34. The lowest BCUT2D eigenvalue weighted by Gasteiger charge is -2.09. The Labute approximate surface area is 125 Å². The molecular weight excluding hydrogens is 353 g/mol. The third kappa shape index (κ3) is 3.70. The van der Waals surface area contributed by atoms with Gasteiger partial charge in [-0.15, -0.1) is 0 Å². The largest absolute Gasteiger partial charge is 0.478 e. The van der Waals surface area contributed by atoms with Crippen molar-refractivity contribution in [3.63, 3.8) is 0 Å². The van der Waals surface area contributed by atoms with Crippen LogP contribution in [0.1, 0.15) is 21.5 Å². The first-order valence-corrected chi connectivity index (χ1v) is 6.96. The van der Waals surface area contributed by atoms with Crippen LogP contribution in [-0.4, -0.2) is 11.1 Å². The lowest BCUT2D eigenvalue weighted by atomic mass is 10.1. The van der Waals surface area contributed by atoms with Crippen molar-refractivity contribution in [2.24, 2.45) is 0 Å². The van der Waals surface area contributed by atoms with Crippen molar-refractivity contribution in [3.8, 4) is 0 Å². The first-order valence-electron chi connectivity index (χ1n) is 5.88. The van der Waals surface area contributed by atoms with Crippen LogP contribution in [0.15, 0.2) is 42.5 Å². The maximum atomic E-state index is 10.9. The Hall–Kier alpha value is -1.56. The summed E-state index contributed by atoms with van der Waals surface area (Å²) in [6.45, 7) is 2.79. The minimum Gasteiger partial charge on any atom is -0.478 e. The van der Waals surface area contributed by atoms with E-state index in [1.807, 2.05) is 0 Å². The summed E-state index contributed by atoms with van der Waals surface area (Å²) in [5.74, 6) is -0.900. The van der Waals surface area contributed by atoms with Gasteiger partial charge in [-0.25, -0.2) is 4.79 Å². The minimum absolute atomic E-state index is 0.310. The van der Waals surface area contributed by atoms with Crippen molar-refractivity contribution >= 4 is 34.2 Å². The molecule has 0 aliphatic carbocycles. The topological polar surface area (TPSA) is 49.3 Å². The number of hydrogen-bond acceptors (Lipinski definition) is 2. The summed E-state index contributed by atoms with van der Waals surface area (Å²) < 4.78 is 0.907. The van der Waals surface area contributed by atoms with Gasteiger partial charge >= 0.3 is 5.97 Å². The van der Waals surface area contributed by atoms with Crippen LogP contribution in [0, 0.1) is 10.5 Å². The zero-order valence-electron chi connectivity index (χ0n) is 10.5. The number of hydrogen-bond donors (Lipinski definition) is 2. The molecule has 0 spiro atoms. The van der Waals surface area contributed by atoms with Gasteiger partial charge in [-0.05, 0) is 53.3 Å². The average Bonchev–Trinajstić information content (AvgIpc) is 2.39. The fourth-order valence-corrected chi connectivity index (χ4v) is 2.40. The molecule has 4 heteroatoms. The smallest absolute Gasteiger partial charge is 0.335 e. The third-order valence-corrected chi connectivity index (χ3v) is 3.71. The molecule has 0 atom stereocenters. The predicted molar refractivity (Wildman–Crippen MR) is 84.6 cm³/mol. The molecule has 0 aliphatic rings. The van der Waals surface area contributed by atoms with Gasteiger partial charge in [0.1, 0.15) is 0 Å². The Morgan fingerprint density at radius 1 is 1.21 bits per heavy atom. The summed E-state index contributed by atoms with van der Waals surface area (Å²) in [5.41, 5.74) is 3.70. The highest BCUT2D eigenvalue weighted by Gasteiger charge is 2.06. The van der Waals surface area contributed by atoms with E-state index in [1.165, 1.54) is 11.1 Å². The summed E-state index contributed by atoms with van der Waals surface area (Å²) in [6.07, 6.45) is 0. The molecule has 3 nitrogen and oxygen atoms in total. The van der Waals surface area contributed by atoms with E-state index in [0.29, 0.717) is 5.56 Å². The summed E-state index contributed by atoms with van der Waals surface area (Å²) in [5, 5.41) is 12.2. The van der Waals surface area contributed by atoms with Crippen LogP contribution in [0.5, 0.6) is 0 Å². The Kier molecular flexibility index (Phi) is 4.42. The highest BCUT2D eigenvalue weighted by Crippen LogP contribution is 2.20. The summed E-state index contributed by atoms with van der Waals surface area (Å²) in [7, 11) is 0. The molecule has 0 aliphatic heterocycles. The molecule has 0 unspecified atom stereocenters. The number of nitrogens with one attached hydrogen (secondary N) is 1. The van der Waals surface area contributed by atoms with Crippen molar-refractivity contribution in [1.82, 2.24) is 0 Å². The molecule has 0 heterocycles. The van der Waals surface area contributed by atoms with Gasteiger partial charge in [-0.3, -0.25) is 0 Å². The number of benzene rings is 2. The van der Waals surface area contributed by atoms with Crippen molar-refractivity contribution in [2.45, 2.75) is 13.5 Å². The van der Waals surface area contributed by atoms with E-state index in [4.69, 9.17) is 5.11 Å². The minimum atomic E-state index is -0.900. The first kappa shape index (κ1) is 13.9. The van der Waals surface area contributed by atoms with Gasteiger partial charge in [0.25, 0.3) is 0 Å². The van der Waals surface area contributed by atoms with E-state index in [-0.39, 0.29) is 0 Å². The highest BCUT2D eigenvalue weighted by atomic mass is 127. The third-order valence-electron chi connectivity index (χ3n) is 2.82. The van der Waals surface area contributed by atoms with Gasteiger partial charge in [0, 0.05) is 15.8 Å². The fraction of sp³-hybridized carbons (Fsp3) is 0.133. The average molecular weight is 367 g/mol. The number of carbonyl (C=O) groups is 1. The molecule has 0 fully saturated rings. The second kappa shape index (κ2) is 6.06. The van der Waals surface area contributed by atoms with Crippen LogP contribution in [-0.2, 0) is 6.54 Å². The van der Waals surface area contributed by atoms with E-state index in [0.717, 1.165) is 15.8 Å². The van der Waals surface area contributed by atoms with Gasteiger partial charge in [0.2, 0.25) is 0 Å². The number of aryl methyl sites for hydroxylation is 1. The van der Waals surface area contributed by atoms with Crippen molar-refractivity contribution in [1.29, 1.82) is 0 Å². The van der Waals surface area contributed by atoms with Crippen LogP contribution >= 0.6 is 22.6 Å². The zero-order chi connectivity index (χ0) is 13.8. The Morgan fingerprint density at radius 2 is 1.89 bits per heavy atom. The first-order chi connectivity index (χ1) is 9.06. The molecule has 2 rings (SSSR count). The number of aromatic carboxylic acids is 1. The molecule has 2 aromatic rings. The van der Waals surface area contributed by atoms with E-state index < -0.39 is 5.97 Å². The predicted octanol–water partition coefficient (Wildman–Crippen LogP) is 3.91. The molecule has 19 heavy (non-hydrogen) atoms. The van der Waals surface area contributed by atoms with Crippen molar-refractivity contribution < 1.29 is 9.90 Å². The van der Waals surface area contributed by atoms with Crippen LogP contribution in [0.2, 0.25) is 0 Å². The van der Waals surface area contributed by atoms with Crippen LogP contribution in [0.25, 0.3) is 0 Å². The maximum absolute atomic E-state index is 10.9. The molecule has 2 aromatic carbocycles. The molecular formula is C15H14INO2. The number of anilines is 1. The van der Waals surface area contributed by atoms with Gasteiger partial charge < -0.3 is 10.4 Å². The fourth-order valence-electron chi connectivity index (χ4n) is 1.69. The number of halogens is 1. The van der Waals surface area contributed by atoms with Crippen LogP contribution in [0.3, 0.4) is 0 Å². The Bertz CT molecular complexity index is 594. The normalized spacial score (nSPS) is 10.2. The van der Waals surface area contributed by atoms with E-state index in [9.17, 15) is 4.79 Å². The molecule has 0 saturated carbocycles. The van der Waals surface area contributed by atoms with Gasteiger partial charge in [-0.2, -0.15) is 0 Å². The molecule has 0 aromatic heterocycles. The quantitative estimate of drug-likeness (QED) is 0.806. The monoisotopic (exact) mass is 367 g/mol. The number of rotatable bonds is 4. The van der Waals surface area contributed by atoms with Gasteiger partial charge in [-0.1, -0.05) is 29.8 Å². The van der Waals surface area contributed by atoms with Crippen molar-refractivity contribution in [3.05, 3.63) is 62.7 Å². The molecule has 0 amide bonds. The van der Waals surface area contributed by atoms with Gasteiger partial charge in [0.15, 0.2) is 0 Å². The highest BCUT2D eigenvalue weighted by molar-refractivity contribution is 14.1. The van der Waals surface area contributed by atoms with Gasteiger partial charge in [0.05, 0.1) is 5.56 Å². The SMILES string of the molecule is Cc1ccc(CNc2ccc(C(=O)O)cc2I)cc1. The molecule has 2 N–H and O–H groups in total. The molecule has 0 radical (unpaired) electrons. The van der Waals surface area contributed by atoms with E-state index in [2.05, 4.69) is 59.1 Å². The summed E-state index contributed by atoms with van der Waals surface area (Å²) in [6, 6.07) is 13.4. The zero-order valence-corrected chi connectivity index (χ0v) is 12.6. The Morgan fingerprint density at radius 3 is 2.47 bits per heavy atom. The number of carboxylic acid groups (broad SMARTS) is 1. The summed E-state index contributed by atoms with van der Waals surface area (Å²) in [4.78, 5) is 10.9. The molecule has 98 valence electrons. The Balaban J connectivity index is 2.07. The lowest BCUT2D eigenvalue weighted by Crippen LogP contribution is -2.03. The standard InChI is InChI=1S/C15H14INO2/c1-10-2-4-11(5-3-10)9-17-14-7-6-12(15(18)19)8-13(14)16/h2-8,17H,9H2,1H3,(H,18,19). The molecule has 0 saturated heterocycles. The van der Waals surface area contributed by atoms with E-state index >= 15 is 0 Å². The van der Waals surface area contributed by atoms with Crippen LogP contribution in [0.4, 0.5) is 5.69 Å². The maximum Gasteiger partial charge on any atom is 0.335 e.